The highest BCUT2D eigenvalue weighted by atomic mass is 16.6. The molecule has 2 saturated heterocycles. The lowest BCUT2D eigenvalue weighted by Gasteiger charge is -2.36. The van der Waals surface area contributed by atoms with Crippen LogP contribution in [0.5, 0.6) is 17.2 Å². The summed E-state index contributed by atoms with van der Waals surface area (Å²) in [5, 5.41) is 0. The van der Waals surface area contributed by atoms with Gasteiger partial charge in [-0.3, -0.25) is 4.90 Å². The van der Waals surface area contributed by atoms with Crippen molar-refractivity contribution in [3.05, 3.63) is 90.0 Å². The molecule has 7 nitrogen and oxygen atoms in total. The Bertz CT molecular complexity index is 1260. The summed E-state index contributed by atoms with van der Waals surface area (Å²) in [5.74, 6) is 3.02. The standard InChI is InChI=1S/C34H40N2O5/c37-34-36(29(24-40-34)20-27-8-3-1-4-9-27)17-7-12-26-15-18-35(19-16-26)22-31-25-39-32-14-13-30(21-33(32)41-31)38-23-28-10-5-2-6-11-28/h1-6,8-11,13-14,21,26,29,31H,7,12,15-20,22-25H2/t29-,31-/m0/s1. The summed E-state index contributed by atoms with van der Waals surface area (Å²) in [4.78, 5) is 16.8. The first kappa shape index (κ1) is 27.5. The number of carbonyl (C=O) groups excluding carboxylic acids is 1. The average Bonchev–Trinajstić information content (AvgIpc) is 3.36. The zero-order valence-corrected chi connectivity index (χ0v) is 23.7. The Kier molecular flexibility index (Phi) is 8.91. The highest BCUT2D eigenvalue weighted by Gasteiger charge is 2.33. The third-order valence-corrected chi connectivity index (χ3v) is 8.45. The SMILES string of the molecule is O=C1OC[C@H](Cc2ccccc2)N1CCCC1CCN(C[C@H]2COc3ccc(OCc4ccccc4)cc3O2)CC1. The zero-order valence-electron chi connectivity index (χ0n) is 23.7. The van der Waals surface area contributed by atoms with Gasteiger partial charge in [-0.2, -0.15) is 0 Å². The molecule has 0 spiro atoms. The number of ether oxygens (including phenoxy) is 4. The second-order valence-electron chi connectivity index (χ2n) is 11.4. The highest BCUT2D eigenvalue weighted by molar-refractivity contribution is 5.70. The van der Waals surface area contributed by atoms with Crippen LogP contribution in [-0.4, -0.2) is 67.4 Å². The first-order valence-corrected chi connectivity index (χ1v) is 15.0. The minimum absolute atomic E-state index is 0.00569. The highest BCUT2D eigenvalue weighted by Crippen LogP contribution is 2.36. The topological polar surface area (TPSA) is 60.5 Å². The molecule has 0 saturated carbocycles. The van der Waals surface area contributed by atoms with E-state index in [1.807, 2.05) is 47.4 Å². The monoisotopic (exact) mass is 556 g/mol. The van der Waals surface area contributed by atoms with Crippen LogP contribution in [0.15, 0.2) is 78.9 Å². The van der Waals surface area contributed by atoms with Crippen LogP contribution in [0.25, 0.3) is 0 Å². The molecule has 0 N–H and O–H groups in total. The second-order valence-corrected chi connectivity index (χ2v) is 11.4. The lowest BCUT2D eigenvalue weighted by atomic mass is 9.92. The van der Waals surface area contributed by atoms with E-state index in [1.165, 1.54) is 18.4 Å². The maximum Gasteiger partial charge on any atom is 0.410 e. The average molecular weight is 557 g/mol. The quantitative estimate of drug-likeness (QED) is 0.290. The van der Waals surface area contributed by atoms with Gasteiger partial charge in [0.05, 0.1) is 6.04 Å². The zero-order chi connectivity index (χ0) is 27.9. The Hall–Kier alpha value is -3.71. The number of amides is 1. The summed E-state index contributed by atoms with van der Waals surface area (Å²) in [7, 11) is 0. The lowest BCUT2D eigenvalue weighted by molar-refractivity contribution is 0.0466. The van der Waals surface area contributed by atoms with Crippen LogP contribution in [-0.2, 0) is 17.8 Å². The summed E-state index contributed by atoms with van der Waals surface area (Å²) in [6.45, 7) is 5.36. The van der Waals surface area contributed by atoms with Crippen molar-refractivity contribution in [1.29, 1.82) is 0 Å². The molecule has 3 aromatic rings. The van der Waals surface area contributed by atoms with E-state index in [9.17, 15) is 4.79 Å². The first-order chi connectivity index (χ1) is 20.2. The van der Waals surface area contributed by atoms with E-state index in [0.29, 0.717) is 25.7 Å². The fourth-order valence-electron chi connectivity index (χ4n) is 6.13. The fourth-order valence-corrected chi connectivity index (χ4v) is 6.13. The van der Waals surface area contributed by atoms with Crippen molar-refractivity contribution < 1.29 is 23.7 Å². The molecule has 0 bridgehead atoms. The van der Waals surface area contributed by atoms with E-state index < -0.39 is 0 Å². The first-order valence-electron chi connectivity index (χ1n) is 15.0. The van der Waals surface area contributed by atoms with Gasteiger partial charge in [0, 0.05) is 19.2 Å². The van der Waals surface area contributed by atoms with E-state index in [2.05, 4.69) is 41.3 Å². The molecule has 0 aromatic heterocycles. The number of likely N-dealkylation sites (tertiary alicyclic amines) is 1. The van der Waals surface area contributed by atoms with E-state index in [-0.39, 0.29) is 18.2 Å². The maximum atomic E-state index is 12.3. The molecule has 2 fully saturated rings. The van der Waals surface area contributed by atoms with E-state index in [1.54, 1.807) is 0 Å². The molecular weight excluding hydrogens is 516 g/mol. The normalized spacial score (nSPS) is 21.1. The molecule has 1 amide bonds. The molecule has 2 atom stereocenters. The summed E-state index contributed by atoms with van der Waals surface area (Å²) in [5.41, 5.74) is 2.38. The van der Waals surface area contributed by atoms with Gasteiger partial charge in [-0.25, -0.2) is 4.79 Å². The third-order valence-electron chi connectivity index (χ3n) is 8.45. The number of piperidine rings is 1. The van der Waals surface area contributed by atoms with Gasteiger partial charge in [0.15, 0.2) is 11.5 Å². The smallest absolute Gasteiger partial charge is 0.410 e. The number of cyclic esters (lactones) is 1. The number of carbonyl (C=O) groups is 1. The predicted molar refractivity (Wildman–Crippen MR) is 158 cm³/mol. The molecule has 7 heteroatoms. The van der Waals surface area contributed by atoms with Crippen molar-refractivity contribution in [2.24, 2.45) is 5.92 Å². The summed E-state index contributed by atoms with van der Waals surface area (Å²) >= 11 is 0. The van der Waals surface area contributed by atoms with Crippen molar-refractivity contribution in [2.75, 3.05) is 39.4 Å². The molecule has 6 rings (SSSR count). The summed E-state index contributed by atoms with van der Waals surface area (Å²) < 4.78 is 23.7. The van der Waals surface area contributed by atoms with E-state index in [0.717, 1.165) is 68.3 Å². The lowest BCUT2D eigenvalue weighted by Crippen LogP contribution is -2.44. The Labute approximate surface area is 243 Å². The number of benzene rings is 3. The van der Waals surface area contributed by atoms with Crippen molar-refractivity contribution in [3.63, 3.8) is 0 Å². The van der Waals surface area contributed by atoms with Gasteiger partial charge in [-0.1, -0.05) is 60.7 Å². The number of rotatable bonds is 11. The molecule has 0 radical (unpaired) electrons. The number of fused-ring (bicyclic) bond motifs is 1. The maximum absolute atomic E-state index is 12.3. The van der Waals surface area contributed by atoms with Crippen LogP contribution >= 0.6 is 0 Å². The molecule has 3 aliphatic heterocycles. The summed E-state index contributed by atoms with van der Waals surface area (Å²) in [6, 6.07) is 26.5. The molecule has 3 aromatic carbocycles. The van der Waals surface area contributed by atoms with E-state index in [4.69, 9.17) is 18.9 Å². The van der Waals surface area contributed by atoms with Crippen LogP contribution in [0.3, 0.4) is 0 Å². The molecule has 0 aliphatic carbocycles. The van der Waals surface area contributed by atoms with Crippen LogP contribution in [0.1, 0.15) is 36.8 Å². The Balaban J connectivity index is 0.914. The number of hydrogen-bond donors (Lipinski definition) is 0. The van der Waals surface area contributed by atoms with Crippen LogP contribution in [0, 0.1) is 5.92 Å². The molecule has 3 heterocycles. The van der Waals surface area contributed by atoms with Crippen molar-refractivity contribution in [1.82, 2.24) is 9.80 Å². The van der Waals surface area contributed by atoms with Crippen LogP contribution in [0.2, 0.25) is 0 Å². The minimum atomic E-state index is -0.160. The molecule has 41 heavy (non-hydrogen) atoms. The van der Waals surface area contributed by atoms with Crippen molar-refractivity contribution >= 4 is 6.09 Å². The van der Waals surface area contributed by atoms with Gasteiger partial charge in [0.25, 0.3) is 0 Å². The third kappa shape index (κ3) is 7.33. The van der Waals surface area contributed by atoms with Crippen molar-refractivity contribution in [3.8, 4) is 17.2 Å². The second kappa shape index (κ2) is 13.3. The molecule has 216 valence electrons. The summed E-state index contributed by atoms with van der Waals surface area (Å²) in [6.07, 6.45) is 5.23. The fraction of sp³-hybridized carbons (Fsp3) is 0.441. The van der Waals surface area contributed by atoms with Gasteiger partial charge in [0.2, 0.25) is 0 Å². The van der Waals surface area contributed by atoms with E-state index >= 15 is 0 Å². The molecular formula is C34H40N2O5. The predicted octanol–water partition coefficient (Wildman–Crippen LogP) is 5.96. The van der Waals surface area contributed by atoms with Gasteiger partial charge in [0.1, 0.15) is 31.7 Å². The number of nitrogens with zero attached hydrogens (tertiary/aromatic N) is 2. The van der Waals surface area contributed by atoms with Gasteiger partial charge in [-0.05, 0) is 74.4 Å². The Morgan fingerprint density at radius 1 is 0.829 bits per heavy atom. The van der Waals surface area contributed by atoms with Gasteiger partial charge < -0.3 is 23.8 Å². The largest absolute Gasteiger partial charge is 0.489 e. The van der Waals surface area contributed by atoms with Crippen LogP contribution < -0.4 is 14.2 Å². The van der Waals surface area contributed by atoms with Crippen LogP contribution in [0.4, 0.5) is 4.79 Å². The number of hydrogen-bond acceptors (Lipinski definition) is 6. The van der Waals surface area contributed by atoms with Gasteiger partial charge >= 0.3 is 6.09 Å². The van der Waals surface area contributed by atoms with Gasteiger partial charge in [-0.15, -0.1) is 0 Å². The minimum Gasteiger partial charge on any atom is -0.489 e. The molecule has 3 aliphatic rings. The Morgan fingerprint density at radius 2 is 1.59 bits per heavy atom. The molecule has 0 unspecified atom stereocenters. The van der Waals surface area contributed by atoms with Crippen molar-refractivity contribution in [2.45, 2.75) is 50.9 Å². The Morgan fingerprint density at radius 3 is 2.37 bits per heavy atom.